The number of rotatable bonds is 6. The smallest absolute Gasteiger partial charge is 0.488 e. The van der Waals surface area contributed by atoms with Crippen LogP contribution < -0.4 is 10.2 Å². The topological polar surface area (TPSA) is 52.9 Å². The zero-order valence-corrected chi connectivity index (χ0v) is 12.9. The maximum absolute atomic E-state index is 9.05. The first-order chi connectivity index (χ1) is 10.2. The first kappa shape index (κ1) is 16.3. The molecule has 1 saturated heterocycles. The number of hydrogen-bond acceptors (Lipinski definition) is 4. The SMILES string of the molecule is CCC1CCCCCN1CCOc1ccc(B(O)O)cc1. The molecular weight excluding hydrogens is 265 g/mol. The van der Waals surface area contributed by atoms with E-state index in [0.717, 1.165) is 12.3 Å². The van der Waals surface area contributed by atoms with Gasteiger partial charge in [-0.2, -0.15) is 0 Å². The minimum Gasteiger partial charge on any atom is -0.492 e. The van der Waals surface area contributed by atoms with Crippen molar-refractivity contribution in [2.45, 2.75) is 45.1 Å². The Morgan fingerprint density at radius 1 is 1.19 bits per heavy atom. The van der Waals surface area contributed by atoms with Crippen molar-refractivity contribution in [3.63, 3.8) is 0 Å². The highest BCUT2D eigenvalue weighted by Gasteiger charge is 2.19. The largest absolute Gasteiger partial charge is 0.492 e. The van der Waals surface area contributed by atoms with Crippen molar-refractivity contribution in [3.8, 4) is 5.75 Å². The second kappa shape index (κ2) is 8.42. The average Bonchev–Trinajstić information content (AvgIpc) is 2.73. The van der Waals surface area contributed by atoms with Crippen LogP contribution >= 0.6 is 0 Å². The number of hydrogen-bond donors (Lipinski definition) is 2. The van der Waals surface area contributed by atoms with E-state index in [4.69, 9.17) is 14.8 Å². The molecule has 2 N–H and O–H groups in total. The standard InChI is InChI=1S/C16H26BNO3/c1-2-15-6-4-3-5-11-18(15)12-13-21-16-9-7-14(8-10-16)17(19)20/h7-10,15,19-20H,2-6,11-13H2,1H3. The van der Waals surface area contributed by atoms with Crippen molar-refractivity contribution >= 4 is 12.6 Å². The molecule has 0 aliphatic carbocycles. The Balaban J connectivity index is 1.79. The van der Waals surface area contributed by atoms with Gasteiger partial charge in [0.25, 0.3) is 0 Å². The van der Waals surface area contributed by atoms with E-state index in [1.54, 1.807) is 24.3 Å². The molecule has 0 amide bonds. The van der Waals surface area contributed by atoms with Gasteiger partial charge in [0.2, 0.25) is 0 Å². The van der Waals surface area contributed by atoms with E-state index in [1.807, 2.05) is 0 Å². The lowest BCUT2D eigenvalue weighted by molar-refractivity contribution is 0.158. The third-order valence-corrected chi connectivity index (χ3v) is 4.30. The molecule has 0 radical (unpaired) electrons. The van der Waals surface area contributed by atoms with Crippen LogP contribution in [0.1, 0.15) is 39.0 Å². The van der Waals surface area contributed by atoms with E-state index in [0.29, 0.717) is 18.1 Å². The normalized spacial score (nSPS) is 20.0. The molecule has 4 nitrogen and oxygen atoms in total. The number of likely N-dealkylation sites (tertiary alicyclic amines) is 1. The molecule has 1 aliphatic heterocycles. The van der Waals surface area contributed by atoms with Crippen LogP contribution in [0.2, 0.25) is 0 Å². The Labute approximate surface area is 127 Å². The summed E-state index contributed by atoms with van der Waals surface area (Å²) in [5, 5.41) is 18.1. The van der Waals surface area contributed by atoms with Crippen LogP contribution in [0.25, 0.3) is 0 Å². The minimum absolute atomic E-state index is 0.487. The Bertz CT molecular complexity index is 410. The Morgan fingerprint density at radius 2 is 1.95 bits per heavy atom. The lowest BCUT2D eigenvalue weighted by atomic mass is 9.80. The zero-order chi connectivity index (χ0) is 15.1. The van der Waals surface area contributed by atoms with Crippen molar-refractivity contribution in [2.75, 3.05) is 19.7 Å². The molecule has 5 heteroatoms. The zero-order valence-electron chi connectivity index (χ0n) is 12.9. The van der Waals surface area contributed by atoms with E-state index in [1.165, 1.54) is 38.6 Å². The maximum Gasteiger partial charge on any atom is 0.488 e. The molecule has 1 atom stereocenters. The maximum atomic E-state index is 9.05. The highest BCUT2D eigenvalue weighted by molar-refractivity contribution is 6.58. The Hall–Kier alpha value is -1.04. The lowest BCUT2D eigenvalue weighted by Gasteiger charge is -2.28. The Morgan fingerprint density at radius 3 is 2.62 bits per heavy atom. The predicted octanol–water partition coefficient (Wildman–Crippen LogP) is 1.40. The third kappa shape index (κ3) is 5.02. The van der Waals surface area contributed by atoms with Crippen LogP contribution in [-0.2, 0) is 0 Å². The molecule has 1 unspecified atom stereocenters. The molecule has 0 aromatic heterocycles. The molecular formula is C16H26BNO3. The van der Waals surface area contributed by atoms with Crippen LogP contribution in [0.15, 0.2) is 24.3 Å². The van der Waals surface area contributed by atoms with Gasteiger partial charge in [-0.1, -0.05) is 31.9 Å². The number of nitrogens with zero attached hydrogens (tertiary/aromatic N) is 1. The highest BCUT2D eigenvalue weighted by atomic mass is 16.5. The first-order valence-electron chi connectivity index (χ1n) is 8.03. The summed E-state index contributed by atoms with van der Waals surface area (Å²) in [5.41, 5.74) is 0.487. The van der Waals surface area contributed by atoms with Crippen LogP contribution in [0, 0.1) is 0 Å². The average molecular weight is 291 g/mol. The highest BCUT2D eigenvalue weighted by Crippen LogP contribution is 2.19. The minimum atomic E-state index is -1.42. The molecule has 1 aliphatic rings. The van der Waals surface area contributed by atoms with Gasteiger partial charge in [0, 0.05) is 12.6 Å². The molecule has 1 aromatic carbocycles. The van der Waals surface area contributed by atoms with Crippen LogP contribution in [0.4, 0.5) is 0 Å². The van der Waals surface area contributed by atoms with E-state index in [2.05, 4.69) is 11.8 Å². The second-order valence-electron chi connectivity index (χ2n) is 5.74. The summed E-state index contributed by atoms with van der Waals surface area (Å²) >= 11 is 0. The molecule has 116 valence electrons. The summed E-state index contributed by atoms with van der Waals surface area (Å²) in [7, 11) is -1.42. The third-order valence-electron chi connectivity index (χ3n) is 4.30. The molecule has 0 bridgehead atoms. The molecule has 21 heavy (non-hydrogen) atoms. The summed E-state index contributed by atoms with van der Waals surface area (Å²) in [6, 6.07) is 7.63. The summed E-state index contributed by atoms with van der Waals surface area (Å²) in [4.78, 5) is 2.55. The Kier molecular flexibility index (Phi) is 6.55. The van der Waals surface area contributed by atoms with Gasteiger partial charge in [-0.25, -0.2) is 0 Å². The molecule has 1 fully saturated rings. The lowest BCUT2D eigenvalue weighted by Crippen LogP contribution is -2.37. The van der Waals surface area contributed by atoms with E-state index < -0.39 is 7.12 Å². The molecule has 1 heterocycles. The monoisotopic (exact) mass is 291 g/mol. The van der Waals surface area contributed by atoms with E-state index in [9.17, 15) is 0 Å². The molecule has 0 spiro atoms. The van der Waals surface area contributed by atoms with Crippen molar-refractivity contribution in [2.24, 2.45) is 0 Å². The van der Waals surface area contributed by atoms with Crippen molar-refractivity contribution in [1.29, 1.82) is 0 Å². The number of benzene rings is 1. The molecule has 2 rings (SSSR count). The van der Waals surface area contributed by atoms with Gasteiger partial charge >= 0.3 is 7.12 Å². The summed E-state index contributed by atoms with van der Waals surface area (Å²) in [6.07, 6.45) is 6.50. The number of ether oxygens (including phenoxy) is 1. The van der Waals surface area contributed by atoms with Gasteiger partial charge in [0.15, 0.2) is 0 Å². The van der Waals surface area contributed by atoms with Crippen molar-refractivity contribution < 1.29 is 14.8 Å². The van der Waals surface area contributed by atoms with Crippen molar-refractivity contribution in [1.82, 2.24) is 4.90 Å². The van der Waals surface area contributed by atoms with Gasteiger partial charge < -0.3 is 14.8 Å². The fourth-order valence-corrected chi connectivity index (χ4v) is 3.01. The second-order valence-corrected chi connectivity index (χ2v) is 5.74. The first-order valence-corrected chi connectivity index (χ1v) is 8.03. The van der Waals surface area contributed by atoms with E-state index in [-0.39, 0.29) is 0 Å². The molecule has 1 aromatic rings. The van der Waals surface area contributed by atoms with Crippen LogP contribution in [-0.4, -0.2) is 47.8 Å². The fraction of sp³-hybridized carbons (Fsp3) is 0.625. The van der Waals surface area contributed by atoms with Crippen LogP contribution in [0.3, 0.4) is 0 Å². The fourth-order valence-electron chi connectivity index (χ4n) is 3.01. The molecule has 0 saturated carbocycles. The predicted molar refractivity (Wildman–Crippen MR) is 85.9 cm³/mol. The summed E-state index contributed by atoms with van der Waals surface area (Å²) < 4.78 is 5.77. The van der Waals surface area contributed by atoms with Gasteiger partial charge in [-0.05, 0) is 43.4 Å². The summed E-state index contributed by atoms with van der Waals surface area (Å²) in [6.45, 7) is 5.08. The van der Waals surface area contributed by atoms with Gasteiger partial charge in [0.1, 0.15) is 12.4 Å². The van der Waals surface area contributed by atoms with E-state index >= 15 is 0 Å². The van der Waals surface area contributed by atoms with Gasteiger partial charge in [-0.3, -0.25) is 4.90 Å². The van der Waals surface area contributed by atoms with Crippen LogP contribution in [0.5, 0.6) is 5.75 Å². The van der Waals surface area contributed by atoms with Gasteiger partial charge in [0.05, 0.1) is 0 Å². The summed E-state index contributed by atoms with van der Waals surface area (Å²) in [5.74, 6) is 0.780. The quantitative estimate of drug-likeness (QED) is 0.778. The van der Waals surface area contributed by atoms with Gasteiger partial charge in [-0.15, -0.1) is 0 Å². The van der Waals surface area contributed by atoms with Crippen molar-refractivity contribution in [3.05, 3.63) is 24.3 Å².